The number of hydrogen-bond acceptors (Lipinski definition) is 5. The molecular formula is C29H40N4O5. The summed E-state index contributed by atoms with van der Waals surface area (Å²) < 4.78 is 0. The fraction of sp³-hybridized carbons (Fsp3) is 0.552. The number of rotatable bonds is 9. The molecule has 9 heteroatoms. The Labute approximate surface area is 224 Å². The molecule has 2 atom stereocenters. The second-order valence-electron chi connectivity index (χ2n) is 10.8. The van der Waals surface area contributed by atoms with Crippen LogP contribution in [0.5, 0.6) is 0 Å². The molecule has 4 rings (SSSR count). The van der Waals surface area contributed by atoms with Crippen LogP contribution >= 0.6 is 0 Å². The molecule has 1 aromatic carbocycles. The van der Waals surface area contributed by atoms with Crippen LogP contribution in [-0.2, 0) is 9.59 Å². The first kappa shape index (κ1) is 27.7. The Morgan fingerprint density at radius 1 is 0.947 bits per heavy atom. The SMILES string of the molecule is CC1=C(C(=O)O)C([C@@H]2CC[C@H](NC(=O)NCCCN3CCC(c4ccccc4)CC3)C2)C(C(=O)O)=C(C)N1. The monoisotopic (exact) mass is 524 g/mol. The van der Waals surface area contributed by atoms with Crippen molar-refractivity contribution in [1.82, 2.24) is 20.9 Å². The Morgan fingerprint density at radius 2 is 1.58 bits per heavy atom. The van der Waals surface area contributed by atoms with Gasteiger partial charge in [-0.2, -0.15) is 0 Å². The van der Waals surface area contributed by atoms with E-state index in [-0.39, 0.29) is 29.1 Å². The minimum absolute atomic E-state index is 0.107. The Hall–Kier alpha value is -3.33. The van der Waals surface area contributed by atoms with Crippen molar-refractivity contribution in [3.8, 4) is 0 Å². The van der Waals surface area contributed by atoms with E-state index in [1.807, 2.05) is 0 Å². The summed E-state index contributed by atoms with van der Waals surface area (Å²) in [5.74, 6) is -2.45. The third kappa shape index (κ3) is 6.56. The molecule has 206 valence electrons. The van der Waals surface area contributed by atoms with Gasteiger partial charge < -0.3 is 31.1 Å². The number of benzene rings is 1. The Balaban J connectivity index is 1.20. The van der Waals surface area contributed by atoms with E-state index in [0.717, 1.165) is 38.9 Å². The standard InChI is InChI=1S/C29H40N4O5/c1-18-24(27(34)35)26(25(28(36)37)19(2)31-18)22-9-10-23(17-22)32-29(38)30-13-6-14-33-15-11-21(12-16-33)20-7-4-3-5-8-20/h3-5,7-8,21-23,26,31H,6,9-17H2,1-2H3,(H,34,35)(H,36,37)(H2,30,32,38)/t22-,23+/m1/s1. The third-order valence-electron chi connectivity index (χ3n) is 8.34. The van der Waals surface area contributed by atoms with Gasteiger partial charge >= 0.3 is 18.0 Å². The maximum atomic E-state index is 12.5. The lowest BCUT2D eigenvalue weighted by molar-refractivity contribution is -0.134. The number of urea groups is 1. The summed E-state index contributed by atoms with van der Waals surface area (Å²) in [5, 5.41) is 28.5. The summed E-state index contributed by atoms with van der Waals surface area (Å²) in [6, 6.07) is 10.4. The largest absolute Gasteiger partial charge is 0.478 e. The predicted molar refractivity (Wildman–Crippen MR) is 144 cm³/mol. The number of aliphatic carboxylic acids is 2. The first-order chi connectivity index (χ1) is 18.2. The Morgan fingerprint density at radius 3 is 2.18 bits per heavy atom. The van der Waals surface area contributed by atoms with Gasteiger partial charge in [-0.25, -0.2) is 14.4 Å². The number of carbonyl (C=O) groups excluding carboxylic acids is 1. The highest BCUT2D eigenvalue weighted by Crippen LogP contribution is 2.43. The van der Waals surface area contributed by atoms with E-state index in [0.29, 0.717) is 43.1 Å². The van der Waals surface area contributed by atoms with Gasteiger partial charge in [0.05, 0.1) is 11.1 Å². The van der Waals surface area contributed by atoms with E-state index in [4.69, 9.17) is 0 Å². The van der Waals surface area contributed by atoms with Crippen LogP contribution in [0.3, 0.4) is 0 Å². The van der Waals surface area contributed by atoms with Crippen LogP contribution < -0.4 is 16.0 Å². The number of nitrogens with one attached hydrogen (secondary N) is 3. The molecule has 2 heterocycles. The molecule has 5 N–H and O–H groups in total. The van der Waals surface area contributed by atoms with Crippen LogP contribution in [0, 0.1) is 11.8 Å². The molecule has 0 unspecified atom stereocenters. The van der Waals surface area contributed by atoms with Crippen LogP contribution in [0.4, 0.5) is 4.79 Å². The van der Waals surface area contributed by atoms with Gasteiger partial charge in [0.2, 0.25) is 0 Å². The molecule has 1 aliphatic carbocycles. The topological polar surface area (TPSA) is 131 Å². The maximum absolute atomic E-state index is 12.5. The number of hydrogen-bond donors (Lipinski definition) is 5. The highest BCUT2D eigenvalue weighted by atomic mass is 16.4. The molecule has 2 amide bonds. The molecule has 38 heavy (non-hydrogen) atoms. The van der Waals surface area contributed by atoms with Gasteiger partial charge in [-0.1, -0.05) is 30.3 Å². The quantitative estimate of drug-likeness (QED) is 0.312. The highest BCUT2D eigenvalue weighted by molar-refractivity contribution is 5.96. The van der Waals surface area contributed by atoms with Crippen LogP contribution in [0.15, 0.2) is 52.9 Å². The van der Waals surface area contributed by atoms with E-state index in [2.05, 4.69) is 51.2 Å². The van der Waals surface area contributed by atoms with Crippen molar-refractivity contribution in [2.45, 2.75) is 64.3 Å². The lowest BCUT2D eigenvalue weighted by Crippen LogP contribution is -2.42. The van der Waals surface area contributed by atoms with Crippen molar-refractivity contribution in [3.05, 3.63) is 58.4 Å². The molecular weight excluding hydrogens is 484 g/mol. The fourth-order valence-corrected chi connectivity index (χ4v) is 6.49. The van der Waals surface area contributed by atoms with Crippen molar-refractivity contribution < 1.29 is 24.6 Å². The van der Waals surface area contributed by atoms with Gasteiger partial charge in [0, 0.05) is 29.9 Å². The number of amides is 2. The molecule has 1 aromatic rings. The first-order valence-corrected chi connectivity index (χ1v) is 13.7. The third-order valence-corrected chi connectivity index (χ3v) is 8.34. The number of allylic oxidation sites excluding steroid dienone is 2. The normalized spacial score (nSPS) is 23.3. The lowest BCUT2D eigenvalue weighted by Gasteiger charge is -2.32. The van der Waals surface area contributed by atoms with Crippen molar-refractivity contribution in [3.63, 3.8) is 0 Å². The van der Waals surface area contributed by atoms with Crippen molar-refractivity contribution >= 4 is 18.0 Å². The average molecular weight is 525 g/mol. The number of likely N-dealkylation sites (tertiary alicyclic amines) is 1. The summed E-state index contributed by atoms with van der Waals surface area (Å²) in [5.41, 5.74) is 2.59. The summed E-state index contributed by atoms with van der Waals surface area (Å²) in [6.07, 6.45) is 5.09. The fourth-order valence-electron chi connectivity index (χ4n) is 6.49. The molecule has 0 bridgehead atoms. The van der Waals surface area contributed by atoms with Gasteiger partial charge in [-0.15, -0.1) is 0 Å². The zero-order valence-corrected chi connectivity index (χ0v) is 22.3. The van der Waals surface area contributed by atoms with E-state index in [1.54, 1.807) is 13.8 Å². The second-order valence-corrected chi connectivity index (χ2v) is 10.8. The average Bonchev–Trinajstić information content (AvgIpc) is 3.34. The molecule has 2 fully saturated rings. The van der Waals surface area contributed by atoms with Gasteiger partial charge in [0.15, 0.2) is 0 Å². The number of nitrogens with zero attached hydrogens (tertiary/aromatic N) is 1. The van der Waals surface area contributed by atoms with Crippen LogP contribution in [0.2, 0.25) is 0 Å². The van der Waals surface area contributed by atoms with Crippen LogP contribution in [-0.4, -0.2) is 65.3 Å². The highest BCUT2D eigenvalue weighted by Gasteiger charge is 2.43. The zero-order chi connectivity index (χ0) is 27.2. The van der Waals surface area contributed by atoms with Gasteiger partial charge in [0.1, 0.15) is 0 Å². The van der Waals surface area contributed by atoms with Crippen molar-refractivity contribution in [2.24, 2.45) is 11.8 Å². The predicted octanol–water partition coefficient (Wildman–Crippen LogP) is 3.66. The minimum Gasteiger partial charge on any atom is -0.478 e. The number of carbonyl (C=O) groups is 3. The van der Waals surface area contributed by atoms with E-state index < -0.39 is 17.9 Å². The second kappa shape index (κ2) is 12.5. The lowest BCUT2D eigenvalue weighted by atomic mass is 9.76. The molecule has 0 radical (unpaired) electrons. The van der Waals surface area contributed by atoms with E-state index in [9.17, 15) is 24.6 Å². The summed E-state index contributed by atoms with van der Waals surface area (Å²) in [6.45, 7) is 7.03. The summed E-state index contributed by atoms with van der Waals surface area (Å²) >= 11 is 0. The van der Waals surface area contributed by atoms with Gasteiger partial charge in [-0.05, 0) is 89.4 Å². The molecule has 9 nitrogen and oxygen atoms in total. The maximum Gasteiger partial charge on any atom is 0.333 e. The van der Waals surface area contributed by atoms with Gasteiger partial charge in [0.25, 0.3) is 0 Å². The first-order valence-electron chi connectivity index (χ1n) is 13.7. The van der Waals surface area contributed by atoms with E-state index in [1.165, 1.54) is 5.56 Å². The van der Waals surface area contributed by atoms with Crippen LogP contribution in [0.25, 0.3) is 0 Å². The van der Waals surface area contributed by atoms with E-state index >= 15 is 0 Å². The molecule has 0 aromatic heterocycles. The molecule has 1 saturated heterocycles. The van der Waals surface area contributed by atoms with Gasteiger partial charge in [-0.3, -0.25) is 0 Å². The van der Waals surface area contributed by atoms with Crippen molar-refractivity contribution in [2.75, 3.05) is 26.2 Å². The molecule has 0 spiro atoms. The molecule has 2 aliphatic heterocycles. The van der Waals surface area contributed by atoms with Crippen molar-refractivity contribution in [1.29, 1.82) is 0 Å². The summed E-state index contributed by atoms with van der Waals surface area (Å²) in [7, 11) is 0. The smallest absolute Gasteiger partial charge is 0.333 e. The Kier molecular flexibility index (Phi) is 9.09. The minimum atomic E-state index is -1.11. The number of carboxylic acids is 2. The number of piperidine rings is 1. The Bertz CT molecular complexity index is 1060. The number of dihydropyridines is 1. The molecule has 1 saturated carbocycles. The number of carboxylic acid groups (broad SMARTS) is 2. The zero-order valence-electron chi connectivity index (χ0n) is 22.3. The molecule has 3 aliphatic rings. The summed E-state index contributed by atoms with van der Waals surface area (Å²) in [4.78, 5) is 39.0. The van der Waals surface area contributed by atoms with Crippen LogP contribution in [0.1, 0.15) is 63.9 Å².